The summed E-state index contributed by atoms with van der Waals surface area (Å²) in [5.74, 6) is -1.02. The van der Waals surface area contributed by atoms with Crippen LogP contribution in [0.3, 0.4) is 0 Å². The fraction of sp³-hybridized carbons (Fsp3) is 0.550. The van der Waals surface area contributed by atoms with Gasteiger partial charge in [-0.15, -0.1) is 0 Å². The molecule has 0 radical (unpaired) electrons. The first kappa shape index (κ1) is 24.6. The normalized spacial score (nSPS) is 19.6. The molecule has 1 amide bonds. The van der Waals surface area contributed by atoms with E-state index in [-0.39, 0.29) is 44.3 Å². The average molecular weight is 540 g/mol. The van der Waals surface area contributed by atoms with E-state index < -0.39 is 24.1 Å². The molecular formula is C20H23BrClF3N4O3. The van der Waals surface area contributed by atoms with Gasteiger partial charge in [0.15, 0.2) is 5.82 Å². The van der Waals surface area contributed by atoms with Gasteiger partial charge in [-0.2, -0.15) is 13.8 Å². The number of hydrogen-bond donors (Lipinski definition) is 0. The summed E-state index contributed by atoms with van der Waals surface area (Å²) in [4.78, 5) is 24.2. The fourth-order valence-electron chi connectivity index (χ4n) is 3.54. The van der Waals surface area contributed by atoms with Crippen molar-refractivity contribution in [3.63, 3.8) is 0 Å². The van der Waals surface area contributed by atoms with Crippen molar-refractivity contribution in [2.75, 3.05) is 18.0 Å². The van der Waals surface area contributed by atoms with Crippen molar-refractivity contribution >= 4 is 50.3 Å². The summed E-state index contributed by atoms with van der Waals surface area (Å²) in [7, 11) is 0. The van der Waals surface area contributed by atoms with Gasteiger partial charge in [-0.3, -0.25) is 0 Å². The molecule has 1 saturated heterocycles. The van der Waals surface area contributed by atoms with Gasteiger partial charge in [0.25, 0.3) is 0 Å². The van der Waals surface area contributed by atoms with E-state index in [1.807, 2.05) is 18.7 Å². The van der Waals surface area contributed by atoms with Gasteiger partial charge >= 0.3 is 12.7 Å². The Balaban J connectivity index is 2.02. The van der Waals surface area contributed by atoms with E-state index in [1.54, 1.807) is 25.7 Å². The predicted molar refractivity (Wildman–Crippen MR) is 118 cm³/mol. The highest BCUT2D eigenvalue weighted by Gasteiger charge is 2.36. The first-order valence-corrected chi connectivity index (χ1v) is 11.0. The highest BCUT2D eigenvalue weighted by molar-refractivity contribution is 9.10. The minimum absolute atomic E-state index is 0.136. The number of alkyl halides is 2. The van der Waals surface area contributed by atoms with Gasteiger partial charge in [0.2, 0.25) is 5.28 Å². The summed E-state index contributed by atoms with van der Waals surface area (Å²) < 4.78 is 50.2. The third-order valence-electron chi connectivity index (χ3n) is 4.89. The van der Waals surface area contributed by atoms with Gasteiger partial charge in [0.05, 0.1) is 4.47 Å². The molecule has 2 heterocycles. The monoisotopic (exact) mass is 538 g/mol. The molecule has 0 saturated carbocycles. The van der Waals surface area contributed by atoms with Gasteiger partial charge in [-0.1, -0.05) is 0 Å². The van der Waals surface area contributed by atoms with Crippen LogP contribution in [0.1, 0.15) is 34.6 Å². The Morgan fingerprint density at radius 3 is 2.50 bits per heavy atom. The van der Waals surface area contributed by atoms with Gasteiger partial charge in [0, 0.05) is 30.6 Å². The Hall–Kier alpha value is -2.01. The van der Waals surface area contributed by atoms with Gasteiger partial charge < -0.3 is 19.3 Å². The summed E-state index contributed by atoms with van der Waals surface area (Å²) in [5, 5.41) is -0.0363. The van der Waals surface area contributed by atoms with E-state index in [2.05, 4.69) is 30.6 Å². The number of nitrogens with zero attached hydrogens (tertiary/aromatic N) is 4. The maximum Gasteiger partial charge on any atom is 0.410 e. The number of anilines is 1. The Morgan fingerprint density at radius 1 is 1.25 bits per heavy atom. The smallest absolute Gasteiger partial charge is 0.410 e. The molecule has 32 heavy (non-hydrogen) atoms. The minimum Gasteiger partial charge on any atom is -0.444 e. The van der Waals surface area contributed by atoms with Crippen molar-refractivity contribution < 1.29 is 27.4 Å². The number of carbonyl (C=O) groups is 1. The molecule has 7 nitrogen and oxygen atoms in total. The van der Waals surface area contributed by atoms with Crippen LogP contribution in [-0.2, 0) is 4.74 Å². The highest BCUT2D eigenvalue weighted by Crippen LogP contribution is 2.39. The zero-order valence-corrected chi connectivity index (χ0v) is 20.5. The molecule has 0 N–H and O–H groups in total. The summed E-state index contributed by atoms with van der Waals surface area (Å²) in [6.07, 6.45) is -0.440. The maximum atomic E-state index is 14.9. The Bertz CT molecular complexity index is 1040. The standard InChI is InChI=1S/C20H23BrClF3N4O3/c1-9-8-29(19(30)32-20(3,4)5)10(2)7-28(9)16-11-6-12(31-18(24)25)13(21)14(23)15(11)26-17(22)27-16/h6,9-10,18H,7-8H2,1-5H3/t9-,10+/m0/s1. The first-order chi connectivity index (χ1) is 14.8. The van der Waals surface area contributed by atoms with Crippen LogP contribution in [0, 0.1) is 5.82 Å². The van der Waals surface area contributed by atoms with Gasteiger partial charge in [-0.25, -0.2) is 14.2 Å². The number of fused-ring (bicyclic) bond motifs is 1. The maximum absolute atomic E-state index is 14.9. The number of benzene rings is 1. The predicted octanol–water partition coefficient (Wildman–Crippen LogP) is 5.62. The molecule has 3 rings (SSSR count). The minimum atomic E-state index is -3.14. The number of rotatable bonds is 3. The Kier molecular flexibility index (Phi) is 6.99. The van der Waals surface area contributed by atoms with Crippen LogP contribution in [0.4, 0.5) is 23.8 Å². The molecule has 2 aromatic rings. The average Bonchev–Trinajstić information content (AvgIpc) is 2.65. The van der Waals surface area contributed by atoms with E-state index in [0.29, 0.717) is 13.1 Å². The highest BCUT2D eigenvalue weighted by atomic mass is 79.9. The number of hydrogen-bond acceptors (Lipinski definition) is 6. The molecule has 0 bridgehead atoms. The summed E-state index contributed by atoms with van der Waals surface area (Å²) in [6.45, 7) is 6.55. The first-order valence-electron chi connectivity index (χ1n) is 9.84. The number of ether oxygens (including phenoxy) is 2. The molecule has 1 aromatic carbocycles. The number of carbonyl (C=O) groups excluding carboxylic acids is 1. The largest absolute Gasteiger partial charge is 0.444 e. The topological polar surface area (TPSA) is 67.8 Å². The third kappa shape index (κ3) is 5.14. The van der Waals surface area contributed by atoms with Crippen LogP contribution in [0.25, 0.3) is 10.9 Å². The molecule has 1 aliphatic heterocycles. The van der Waals surface area contributed by atoms with Gasteiger partial charge in [0.1, 0.15) is 22.7 Å². The van der Waals surface area contributed by atoms with Crippen LogP contribution in [0.5, 0.6) is 5.75 Å². The second kappa shape index (κ2) is 9.09. The van der Waals surface area contributed by atoms with Crippen LogP contribution < -0.4 is 9.64 Å². The molecule has 0 aliphatic carbocycles. The Labute approximate surface area is 197 Å². The second-order valence-electron chi connectivity index (χ2n) is 8.58. The number of aromatic nitrogens is 2. The zero-order chi connectivity index (χ0) is 24.0. The van der Waals surface area contributed by atoms with Crippen LogP contribution in [-0.4, -0.2) is 58.3 Å². The molecule has 176 valence electrons. The van der Waals surface area contributed by atoms with E-state index in [0.717, 1.165) is 0 Å². The van der Waals surface area contributed by atoms with Crippen molar-refractivity contribution in [3.8, 4) is 5.75 Å². The van der Waals surface area contributed by atoms with Crippen molar-refractivity contribution in [1.29, 1.82) is 0 Å². The van der Waals surface area contributed by atoms with Gasteiger partial charge in [-0.05, 0) is 68.2 Å². The molecule has 0 spiro atoms. The zero-order valence-electron chi connectivity index (χ0n) is 18.1. The van der Waals surface area contributed by atoms with E-state index in [9.17, 15) is 18.0 Å². The van der Waals surface area contributed by atoms with E-state index in [4.69, 9.17) is 16.3 Å². The third-order valence-corrected chi connectivity index (χ3v) is 5.80. The second-order valence-corrected chi connectivity index (χ2v) is 9.71. The molecule has 1 fully saturated rings. The van der Waals surface area contributed by atoms with Crippen LogP contribution in [0.15, 0.2) is 10.5 Å². The Morgan fingerprint density at radius 2 is 1.91 bits per heavy atom. The molecular weight excluding hydrogens is 517 g/mol. The summed E-state index contributed by atoms with van der Waals surface area (Å²) in [6, 6.07) is 0.707. The lowest BCUT2D eigenvalue weighted by Crippen LogP contribution is -2.59. The molecule has 0 unspecified atom stereocenters. The SMILES string of the molecule is C[C@@H]1CN(c2nc(Cl)nc3c(F)c(Br)c(OC(F)F)cc23)[C@@H](C)CN1C(=O)OC(C)(C)C. The quantitative estimate of drug-likeness (QED) is 0.472. The van der Waals surface area contributed by atoms with E-state index >= 15 is 0 Å². The number of amides is 1. The van der Waals surface area contributed by atoms with Crippen LogP contribution >= 0.6 is 27.5 Å². The van der Waals surface area contributed by atoms with Crippen molar-refractivity contribution in [3.05, 3.63) is 21.6 Å². The lowest BCUT2D eigenvalue weighted by atomic mass is 10.1. The number of piperazine rings is 1. The molecule has 12 heteroatoms. The fourth-order valence-corrected chi connectivity index (χ4v) is 4.10. The lowest BCUT2D eigenvalue weighted by Gasteiger charge is -2.44. The van der Waals surface area contributed by atoms with Crippen molar-refractivity contribution in [2.45, 2.75) is 58.9 Å². The lowest BCUT2D eigenvalue weighted by molar-refractivity contribution is -0.0504. The summed E-state index contributed by atoms with van der Waals surface area (Å²) >= 11 is 9.00. The van der Waals surface area contributed by atoms with Crippen LogP contribution in [0.2, 0.25) is 5.28 Å². The molecule has 1 aromatic heterocycles. The van der Waals surface area contributed by atoms with Crippen molar-refractivity contribution in [2.24, 2.45) is 0 Å². The van der Waals surface area contributed by atoms with Crippen molar-refractivity contribution in [1.82, 2.24) is 14.9 Å². The summed E-state index contributed by atoms with van der Waals surface area (Å²) in [5.41, 5.74) is -0.776. The number of halogens is 5. The molecule has 1 aliphatic rings. The molecule has 2 atom stereocenters. The van der Waals surface area contributed by atoms with E-state index in [1.165, 1.54) is 6.07 Å².